The predicted molar refractivity (Wildman–Crippen MR) is 56.9 cm³/mol. The average Bonchev–Trinajstić information content (AvgIpc) is 2.89. The normalized spacial score (nSPS) is 16.1. The molecule has 0 bridgehead atoms. The van der Waals surface area contributed by atoms with E-state index in [1.807, 2.05) is 19.6 Å². The number of hydrogen-bond acceptors (Lipinski definition) is 2. The lowest BCUT2D eigenvalue weighted by molar-refractivity contribution is 0.556. The third kappa shape index (κ3) is 2.58. The molecule has 1 fully saturated rings. The van der Waals surface area contributed by atoms with Gasteiger partial charge in [-0.05, 0) is 25.8 Å². The molecule has 0 aromatic carbocycles. The van der Waals surface area contributed by atoms with Gasteiger partial charge in [-0.3, -0.25) is 0 Å². The molecule has 0 radical (unpaired) electrons. The van der Waals surface area contributed by atoms with Gasteiger partial charge in [0.15, 0.2) is 0 Å². The quantitative estimate of drug-likeness (QED) is 0.746. The van der Waals surface area contributed by atoms with E-state index in [9.17, 15) is 0 Å². The van der Waals surface area contributed by atoms with E-state index in [1.54, 1.807) is 0 Å². The summed E-state index contributed by atoms with van der Waals surface area (Å²) in [5, 5.41) is 3.16. The van der Waals surface area contributed by atoms with E-state index in [0.29, 0.717) is 0 Å². The lowest BCUT2D eigenvalue weighted by atomic mass is 10.2. The largest absolute Gasteiger partial charge is 0.333 e. The fourth-order valence-corrected chi connectivity index (χ4v) is 1.83. The van der Waals surface area contributed by atoms with Crippen LogP contribution in [0.15, 0.2) is 12.5 Å². The minimum absolute atomic E-state index is 0.920. The Bertz CT molecular complexity index is 276. The maximum Gasteiger partial charge on any atom is 0.0948 e. The Morgan fingerprint density at radius 2 is 2.43 bits per heavy atom. The summed E-state index contributed by atoms with van der Waals surface area (Å²) < 4.78 is 2.26. The third-order valence-electron chi connectivity index (χ3n) is 2.86. The van der Waals surface area contributed by atoms with Crippen molar-refractivity contribution >= 4 is 0 Å². The Morgan fingerprint density at radius 3 is 3.14 bits per heavy atom. The van der Waals surface area contributed by atoms with Crippen molar-refractivity contribution < 1.29 is 0 Å². The molecule has 3 nitrogen and oxygen atoms in total. The van der Waals surface area contributed by atoms with Crippen molar-refractivity contribution in [3.05, 3.63) is 18.2 Å². The molecule has 0 spiro atoms. The molecule has 0 amide bonds. The zero-order chi connectivity index (χ0) is 9.80. The molecule has 1 saturated carbocycles. The average molecular weight is 193 g/mol. The maximum atomic E-state index is 4.18. The van der Waals surface area contributed by atoms with Crippen molar-refractivity contribution in [1.82, 2.24) is 14.9 Å². The summed E-state index contributed by atoms with van der Waals surface area (Å²) in [5.41, 5.74) is 1.29. The first kappa shape index (κ1) is 9.71. The van der Waals surface area contributed by atoms with E-state index < -0.39 is 0 Å². The summed E-state index contributed by atoms with van der Waals surface area (Å²) in [7, 11) is 1.97. The molecule has 1 heterocycles. The Morgan fingerprint density at radius 1 is 1.57 bits per heavy atom. The maximum absolute atomic E-state index is 4.18. The van der Waals surface area contributed by atoms with Crippen molar-refractivity contribution in [1.29, 1.82) is 0 Å². The molecule has 14 heavy (non-hydrogen) atoms. The van der Waals surface area contributed by atoms with Gasteiger partial charge in [0.25, 0.3) is 0 Å². The van der Waals surface area contributed by atoms with Crippen LogP contribution in [0.5, 0.6) is 0 Å². The highest BCUT2D eigenvalue weighted by Gasteiger charge is 2.20. The lowest BCUT2D eigenvalue weighted by Crippen LogP contribution is -2.10. The number of nitrogens with zero attached hydrogens (tertiary/aromatic N) is 2. The minimum atomic E-state index is 0.920. The molecule has 1 aliphatic carbocycles. The van der Waals surface area contributed by atoms with Crippen LogP contribution in [0.2, 0.25) is 0 Å². The molecule has 78 valence electrons. The highest BCUT2D eigenvalue weighted by molar-refractivity contribution is 4.97. The van der Waals surface area contributed by atoms with Gasteiger partial charge in [-0.1, -0.05) is 12.8 Å². The Kier molecular flexibility index (Phi) is 3.19. The molecule has 0 aliphatic heterocycles. The van der Waals surface area contributed by atoms with Gasteiger partial charge in [-0.15, -0.1) is 0 Å². The second-order valence-electron chi connectivity index (χ2n) is 4.19. The van der Waals surface area contributed by atoms with Gasteiger partial charge in [0.2, 0.25) is 0 Å². The fourth-order valence-electron chi connectivity index (χ4n) is 1.83. The zero-order valence-electron chi connectivity index (χ0n) is 8.87. The summed E-state index contributed by atoms with van der Waals surface area (Å²) >= 11 is 0. The second kappa shape index (κ2) is 4.60. The first-order chi connectivity index (χ1) is 6.90. The van der Waals surface area contributed by atoms with E-state index in [1.165, 1.54) is 31.4 Å². The minimum Gasteiger partial charge on any atom is -0.333 e. The van der Waals surface area contributed by atoms with Gasteiger partial charge in [0.05, 0.1) is 12.0 Å². The summed E-state index contributed by atoms with van der Waals surface area (Å²) in [5.74, 6) is 1.05. The Hall–Kier alpha value is -0.830. The van der Waals surface area contributed by atoms with Gasteiger partial charge in [-0.25, -0.2) is 4.98 Å². The standard InChI is InChI=1S/C11H19N3/c1-12-7-11-8-13-9-14(11)6-2-3-10-4-5-10/h8-10,12H,2-7H2,1H3. The molecule has 1 aliphatic rings. The Labute approximate surface area is 85.5 Å². The van der Waals surface area contributed by atoms with Gasteiger partial charge in [-0.2, -0.15) is 0 Å². The van der Waals surface area contributed by atoms with E-state index >= 15 is 0 Å². The summed E-state index contributed by atoms with van der Waals surface area (Å²) in [6.45, 7) is 2.05. The molecular formula is C11H19N3. The van der Waals surface area contributed by atoms with Crippen LogP contribution in [0.25, 0.3) is 0 Å². The molecule has 0 unspecified atom stereocenters. The fraction of sp³-hybridized carbons (Fsp3) is 0.727. The van der Waals surface area contributed by atoms with Crippen LogP contribution in [0, 0.1) is 5.92 Å². The van der Waals surface area contributed by atoms with Crippen LogP contribution in [-0.4, -0.2) is 16.6 Å². The second-order valence-corrected chi connectivity index (χ2v) is 4.19. The van der Waals surface area contributed by atoms with Crippen LogP contribution < -0.4 is 5.32 Å². The van der Waals surface area contributed by atoms with Gasteiger partial charge < -0.3 is 9.88 Å². The highest BCUT2D eigenvalue weighted by Crippen LogP contribution is 2.33. The van der Waals surface area contributed by atoms with Crippen LogP contribution in [0.4, 0.5) is 0 Å². The summed E-state index contributed by atoms with van der Waals surface area (Å²) in [6, 6.07) is 0. The molecule has 3 heteroatoms. The lowest BCUT2D eigenvalue weighted by Gasteiger charge is -2.06. The summed E-state index contributed by atoms with van der Waals surface area (Å²) in [4.78, 5) is 4.18. The molecule has 1 aromatic heterocycles. The number of aromatic nitrogens is 2. The van der Waals surface area contributed by atoms with E-state index in [2.05, 4.69) is 14.9 Å². The van der Waals surface area contributed by atoms with Crippen molar-refractivity contribution in [2.45, 2.75) is 38.8 Å². The zero-order valence-corrected chi connectivity index (χ0v) is 8.87. The molecule has 1 aromatic rings. The molecule has 0 atom stereocenters. The van der Waals surface area contributed by atoms with Gasteiger partial charge in [0, 0.05) is 19.3 Å². The first-order valence-electron chi connectivity index (χ1n) is 5.53. The molecule has 0 saturated heterocycles. The van der Waals surface area contributed by atoms with Crippen molar-refractivity contribution in [3.8, 4) is 0 Å². The highest BCUT2D eigenvalue weighted by atomic mass is 15.1. The number of hydrogen-bond donors (Lipinski definition) is 1. The Balaban J connectivity index is 1.78. The first-order valence-corrected chi connectivity index (χ1v) is 5.53. The van der Waals surface area contributed by atoms with Crippen LogP contribution in [-0.2, 0) is 13.1 Å². The third-order valence-corrected chi connectivity index (χ3v) is 2.86. The van der Waals surface area contributed by atoms with Crippen molar-refractivity contribution in [2.75, 3.05) is 7.05 Å². The van der Waals surface area contributed by atoms with Crippen LogP contribution >= 0.6 is 0 Å². The number of aryl methyl sites for hydroxylation is 1. The molecule has 2 rings (SSSR count). The topological polar surface area (TPSA) is 29.9 Å². The van der Waals surface area contributed by atoms with E-state index in [-0.39, 0.29) is 0 Å². The molecule has 1 N–H and O–H groups in total. The molecular weight excluding hydrogens is 174 g/mol. The van der Waals surface area contributed by atoms with E-state index in [0.717, 1.165) is 19.0 Å². The van der Waals surface area contributed by atoms with Gasteiger partial charge >= 0.3 is 0 Å². The van der Waals surface area contributed by atoms with Crippen molar-refractivity contribution in [3.63, 3.8) is 0 Å². The van der Waals surface area contributed by atoms with Crippen molar-refractivity contribution in [2.24, 2.45) is 5.92 Å². The number of nitrogens with one attached hydrogen (secondary N) is 1. The summed E-state index contributed by atoms with van der Waals surface area (Å²) in [6.07, 6.45) is 9.53. The smallest absolute Gasteiger partial charge is 0.0948 e. The van der Waals surface area contributed by atoms with Crippen LogP contribution in [0.3, 0.4) is 0 Å². The van der Waals surface area contributed by atoms with Crippen LogP contribution in [0.1, 0.15) is 31.4 Å². The van der Waals surface area contributed by atoms with Gasteiger partial charge in [0.1, 0.15) is 0 Å². The monoisotopic (exact) mass is 193 g/mol. The number of rotatable bonds is 6. The van der Waals surface area contributed by atoms with E-state index in [4.69, 9.17) is 0 Å². The SMILES string of the molecule is CNCc1cncn1CCCC1CC1. The number of imidazole rings is 1. The predicted octanol–water partition coefficient (Wildman–Crippen LogP) is 1.79.